The minimum atomic E-state index is -0.0664. The van der Waals surface area contributed by atoms with Crippen LogP contribution in [0.3, 0.4) is 0 Å². The first-order valence-electron chi connectivity index (χ1n) is 14.1. The second-order valence-electron chi connectivity index (χ2n) is 11.0. The van der Waals surface area contributed by atoms with E-state index in [-0.39, 0.29) is 6.23 Å². The molecule has 38 heavy (non-hydrogen) atoms. The molecule has 2 fully saturated rings. The molecular formula is C32H36N4O2. The van der Waals surface area contributed by atoms with Crippen LogP contribution in [0.1, 0.15) is 57.7 Å². The molecule has 0 bridgehead atoms. The summed E-state index contributed by atoms with van der Waals surface area (Å²) in [7, 11) is 0. The lowest BCUT2D eigenvalue weighted by atomic mass is 10.0. The van der Waals surface area contributed by atoms with Gasteiger partial charge in [0.15, 0.2) is 6.23 Å². The summed E-state index contributed by atoms with van der Waals surface area (Å²) < 4.78 is 14.4. The highest BCUT2D eigenvalue weighted by Gasteiger charge is 2.25. The number of hydrogen-bond donors (Lipinski definition) is 0. The van der Waals surface area contributed by atoms with Crippen LogP contribution in [0.15, 0.2) is 54.6 Å². The Balaban J connectivity index is 1.30. The average molecular weight is 509 g/mol. The summed E-state index contributed by atoms with van der Waals surface area (Å²) in [5.74, 6) is 1.48. The highest BCUT2D eigenvalue weighted by molar-refractivity contribution is 5.97. The van der Waals surface area contributed by atoms with E-state index in [1.165, 1.54) is 25.9 Å². The van der Waals surface area contributed by atoms with Gasteiger partial charge in [-0.25, -0.2) is 4.68 Å². The second-order valence-corrected chi connectivity index (χ2v) is 11.0. The summed E-state index contributed by atoms with van der Waals surface area (Å²) in [4.78, 5) is 2.58. The molecule has 1 aromatic heterocycles. The SMILES string of the molecule is CC(C)C(COc1ccc2cc(-c3nn([C@@H]4CCCCO4)c4ccc(C#N)cc34)ccc2c1)N1CCCC1. The van der Waals surface area contributed by atoms with Crippen LogP contribution in [0.5, 0.6) is 5.75 Å². The lowest BCUT2D eigenvalue weighted by molar-refractivity contribution is -0.0365. The van der Waals surface area contributed by atoms with E-state index in [0.717, 1.165) is 71.2 Å². The molecule has 3 aromatic carbocycles. The van der Waals surface area contributed by atoms with E-state index in [1.807, 2.05) is 22.9 Å². The number of aromatic nitrogens is 2. The molecule has 6 rings (SSSR count). The Morgan fingerprint density at radius 2 is 1.82 bits per heavy atom. The minimum absolute atomic E-state index is 0.0664. The predicted octanol–water partition coefficient (Wildman–Crippen LogP) is 6.93. The fourth-order valence-corrected chi connectivity index (χ4v) is 6.00. The number of ether oxygens (including phenoxy) is 2. The third-order valence-electron chi connectivity index (χ3n) is 8.15. The fraction of sp³-hybridized carbons (Fsp3) is 0.438. The monoisotopic (exact) mass is 508 g/mol. The Bertz CT molecular complexity index is 1470. The van der Waals surface area contributed by atoms with E-state index >= 15 is 0 Å². The van der Waals surface area contributed by atoms with E-state index in [9.17, 15) is 5.26 Å². The topological polar surface area (TPSA) is 63.3 Å². The maximum absolute atomic E-state index is 9.53. The first-order chi connectivity index (χ1) is 18.6. The van der Waals surface area contributed by atoms with Crippen LogP contribution >= 0.6 is 0 Å². The van der Waals surface area contributed by atoms with Crippen molar-refractivity contribution in [2.45, 2.75) is 58.2 Å². The lowest BCUT2D eigenvalue weighted by Gasteiger charge is -2.30. The van der Waals surface area contributed by atoms with Crippen LogP contribution in [0.25, 0.3) is 32.9 Å². The zero-order valence-corrected chi connectivity index (χ0v) is 22.4. The van der Waals surface area contributed by atoms with Crippen molar-refractivity contribution in [1.29, 1.82) is 5.26 Å². The Labute approximate surface area is 224 Å². The Hall–Kier alpha value is -3.40. The normalized spacial score (nSPS) is 19.3. The first-order valence-corrected chi connectivity index (χ1v) is 14.1. The molecule has 0 radical (unpaired) electrons. The van der Waals surface area contributed by atoms with Crippen molar-refractivity contribution in [2.75, 3.05) is 26.3 Å². The number of likely N-dealkylation sites (tertiary alicyclic amines) is 1. The van der Waals surface area contributed by atoms with Gasteiger partial charge in [-0.05, 0) is 98.3 Å². The van der Waals surface area contributed by atoms with E-state index in [4.69, 9.17) is 14.6 Å². The molecule has 4 aromatic rings. The summed E-state index contributed by atoms with van der Waals surface area (Å²) in [5.41, 5.74) is 3.57. The maximum atomic E-state index is 9.53. The van der Waals surface area contributed by atoms with Crippen molar-refractivity contribution in [3.05, 3.63) is 60.2 Å². The summed E-state index contributed by atoms with van der Waals surface area (Å²) in [5, 5.41) is 17.8. The summed E-state index contributed by atoms with van der Waals surface area (Å²) in [6.45, 7) is 8.42. The Kier molecular flexibility index (Phi) is 7.06. The number of nitriles is 1. The largest absolute Gasteiger partial charge is 0.492 e. The minimum Gasteiger partial charge on any atom is -0.492 e. The van der Waals surface area contributed by atoms with Gasteiger partial charge in [-0.2, -0.15) is 10.4 Å². The molecule has 2 aliphatic rings. The molecule has 6 nitrogen and oxygen atoms in total. The molecule has 0 saturated carbocycles. The van der Waals surface area contributed by atoms with Crippen molar-refractivity contribution >= 4 is 21.7 Å². The van der Waals surface area contributed by atoms with Crippen LogP contribution in [-0.2, 0) is 4.74 Å². The van der Waals surface area contributed by atoms with Gasteiger partial charge in [0, 0.05) is 23.6 Å². The van der Waals surface area contributed by atoms with Crippen LogP contribution in [0, 0.1) is 17.2 Å². The van der Waals surface area contributed by atoms with Gasteiger partial charge in [-0.15, -0.1) is 0 Å². The van der Waals surface area contributed by atoms with Gasteiger partial charge in [0.05, 0.1) is 17.1 Å². The van der Waals surface area contributed by atoms with Crippen molar-refractivity contribution in [1.82, 2.24) is 14.7 Å². The molecule has 0 N–H and O–H groups in total. The van der Waals surface area contributed by atoms with E-state index in [1.54, 1.807) is 0 Å². The molecule has 3 heterocycles. The highest BCUT2D eigenvalue weighted by atomic mass is 16.5. The third kappa shape index (κ3) is 4.89. The van der Waals surface area contributed by atoms with Crippen LogP contribution in [0.2, 0.25) is 0 Å². The average Bonchev–Trinajstić information content (AvgIpc) is 3.61. The Morgan fingerprint density at radius 3 is 2.58 bits per heavy atom. The molecular weight excluding hydrogens is 472 g/mol. The fourth-order valence-electron chi connectivity index (χ4n) is 6.00. The molecule has 2 saturated heterocycles. The molecule has 6 heteroatoms. The lowest BCUT2D eigenvalue weighted by Crippen LogP contribution is -2.41. The van der Waals surface area contributed by atoms with Gasteiger partial charge >= 0.3 is 0 Å². The molecule has 0 aliphatic carbocycles. The standard InChI is InChI=1S/C32H36N4O2/c1-22(2)30(35-14-4-5-15-35)21-38-27-12-11-24-18-26(10-9-25(24)19-27)32-28-17-23(20-33)8-13-29(28)36(34-32)31-7-3-6-16-37-31/h8-13,17-19,22,30-31H,3-7,14-16,21H2,1-2H3/t30?,31-/m0/s1. The first kappa shape index (κ1) is 24.9. The van der Waals surface area contributed by atoms with Crippen LogP contribution in [-0.4, -0.2) is 47.0 Å². The third-order valence-corrected chi connectivity index (χ3v) is 8.15. The molecule has 1 unspecified atom stereocenters. The number of fused-ring (bicyclic) bond motifs is 2. The van der Waals surface area contributed by atoms with Gasteiger partial charge in [0.25, 0.3) is 0 Å². The Morgan fingerprint density at radius 1 is 1.00 bits per heavy atom. The molecule has 2 aliphatic heterocycles. The summed E-state index contributed by atoms with van der Waals surface area (Å²) >= 11 is 0. The van der Waals surface area contributed by atoms with Crippen LogP contribution in [0.4, 0.5) is 0 Å². The smallest absolute Gasteiger partial charge is 0.150 e. The number of benzene rings is 3. The van der Waals surface area contributed by atoms with Crippen molar-refractivity contribution < 1.29 is 9.47 Å². The number of nitrogens with zero attached hydrogens (tertiary/aromatic N) is 4. The predicted molar refractivity (Wildman–Crippen MR) is 151 cm³/mol. The van der Waals surface area contributed by atoms with Crippen molar-refractivity contribution in [3.8, 4) is 23.1 Å². The van der Waals surface area contributed by atoms with Crippen molar-refractivity contribution in [2.24, 2.45) is 5.92 Å². The second kappa shape index (κ2) is 10.8. The van der Waals surface area contributed by atoms with Gasteiger partial charge in [-0.3, -0.25) is 4.90 Å². The highest BCUT2D eigenvalue weighted by Crippen LogP contribution is 2.35. The number of rotatable bonds is 7. The molecule has 2 atom stereocenters. The van der Waals surface area contributed by atoms with Gasteiger partial charge in [0.1, 0.15) is 18.1 Å². The zero-order chi connectivity index (χ0) is 26.1. The van der Waals surface area contributed by atoms with Crippen molar-refractivity contribution in [3.63, 3.8) is 0 Å². The summed E-state index contributed by atoms with van der Waals surface area (Å²) in [6.07, 6.45) is 5.69. The van der Waals surface area contributed by atoms with E-state index in [2.05, 4.69) is 61.2 Å². The van der Waals surface area contributed by atoms with E-state index in [0.29, 0.717) is 17.5 Å². The quantitative estimate of drug-likeness (QED) is 0.271. The molecule has 196 valence electrons. The van der Waals surface area contributed by atoms with Crippen LogP contribution < -0.4 is 4.74 Å². The van der Waals surface area contributed by atoms with E-state index < -0.39 is 0 Å². The maximum Gasteiger partial charge on any atom is 0.150 e. The summed E-state index contributed by atoms with van der Waals surface area (Å²) in [6, 6.07) is 21.4. The van der Waals surface area contributed by atoms with Gasteiger partial charge in [-0.1, -0.05) is 32.0 Å². The molecule has 0 spiro atoms. The van der Waals surface area contributed by atoms with Gasteiger partial charge in [0.2, 0.25) is 0 Å². The molecule has 0 amide bonds. The number of hydrogen-bond acceptors (Lipinski definition) is 5. The van der Waals surface area contributed by atoms with Gasteiger partial charge < -0.3 is 9.47 Å². The zero-order valence-electron chi connectivity index (χ0n) is 22.4.